The zero-order chi connectivity index (χ0) is 22.7. The summed E-state index contributed by atoms with van der Waals surface area (Å²) >= 11 is 0. The first-order valence-electron chi connectivity index (χ1n) is 9.99. The minimum atomic E-state index is -0.800. The Hall–Kier alpha value is -4.33. The van der Waals surface area contributed by atoms with Crippen LogP contribution in [0, 0.1) is 10.1 Å². The number of amides is 2. The number of fused-ring (bicyclic) bond motifs is 1. The van der Waals surface area contributed by atoms with Crippen molar-refractivity contribution < 1.29 is 14.5 Å². The number of benzene rings is 3. The van der Waals surface area contributed by atoms with Crippen LogP contribution >= 0.6 is 0 Å². The predicted molar refractivity (Wildman–Crippen MR) is 121 cm³/mol. The fraction of sp³-hybridized carbons (Fsp3) is 0.125. The second-order valence-corrected chi connectivity index (χ2v) is 7.39. The Morgan fingerprint density at radius 2 is 1.88 bits per heavy atom. The third kappa shape index (κ3) is 4.39. The third-order valence-electron chi connectivity index (χ3n) is 5.12. The highest BCUT2D eigenvalue weighted by molar-refractivity contribution is 6.24. The lowest BCUT2D eigenvalue weighted by Crippen LogP contribution is -2.22. The average Bonchev–Trinajstić information content (AvgIpc) is 3.11. The van der Waals surface area contributed by atoms with E-state index in [-0.39, 0.29) is 17.5 Å². The lowest BCUT2D eigenvalue weighted by molar-refractivity contribution is -0.384. The summed E-state index contributed by atoms with van der Waals surface area (Å²) < 4.78 is 0. The van der Waals surface area contributed by atoms with Crippen LogP contribution in [0.3, 0.4) is 0 Å². The van der Waals surface area contributed by atoms with E-state index in [1.54, 1.807) is 12.1 Å². The number of nitrogens with one attached hydrogen (secondary N) is 2. The zero-order valence-corrected chi connectivity index (χ0v) is 17.2. The van der Waals surface area contributed by atoms with E-state index in [1.807, 2.05) is 48.5 Å². The first-order chi connectivity index (χ1) is 15.4. The second-order valence-electron chi connectivity index (χ2n) is 7.39. The quantitative estimate of drug-likeness (QED) is 0.350. The van der Waals surface area contributed by atoms with Gasteiger partial charge in [-0.1, -0.05) is 42.5 Å². The molecule has 0 bridgehead atoms. The molecule has 1 unspecified atom stereocenters. The highest BCUT2D eigenvalue weighted by Crippen LogP contribution is 2.38. The Bertz CT molecular complexity index is 1240. The summed E-state index contributed by atoms with van der Waals surface area (Å²) in [6.45, 7) is 1.81. The highest BCUT2D eigenvalue weighted by atomic mass is 16.6. The predicted octanol–water partition coefficient (Wildman–Crippen LogP) is 4.09. The van der Waals surface area contributed by atoms with Gasteiger partial charge in [0.15, 0.2) is 0 Å². The fourth-order valence-electron chi connectivity index (χ4n) is 3.64. The summed E-state index contributed by atoms with van der Waals surface area (Å²) in [7, 11) is 0. The van der Waals surface area contributed by atoms with E-state index in [0.717, 1.165) is 11.1 Å². The second kappa shape index (κ2) is 8.81. The lowest BCUT2D eigenvalue weighted by atomic mass is 9.90. The van der Waals surface area contributed by atoms with Crippen LogP contribution in [0.5, 0.6) is 0 Å². The van der Waals surface area contributed by atoms with Crippen LogP contribution in [0.2, 0.25) is 0 Å². The van der Waals surface area contributed by atoms with Crippen LogP contribution in [0.25, 0.3) is 0 Å². The number of carbonyl (C=O) groups excluding carboxylic acids is 2. The molecular formula is C24H20N4O4. The molecule has 4 rings (SSSR count). The molecule has 0 aliphatic carbocycles. The first-order valence-corrected chi connectivity index (χ1v) is 9.99. The van der Waals surface area contributed by atoms with E-state index in [9.17, 15) is 19.7 Å². The van der Waals surface area contributed by atoms with Gasteiger partial charge in [-0.05, 0) is 29.3 Å². The van der Waals surface area contributed by atoms with Gasteiger partial charge < -0.3 is 10.6 Å². The average molecular weight is 428 g/mol. The summed E-state index contributed by atoms with van der Waals surface area (Å²) in [6.07, 6.45) is 0. The standard InChI is InChI=1S/C24H20N4O4/c1-15(29)25-14-16-6-5-9-18(12-16)26-23(17-7-3-2-4-8-17)22-20-13-19(28(31)32)10-11-21(20)27-24(22)30/h2-13,22H,14H2,1H3,(H,25,29)(H,27,30). The van der Waals surface area contributed by atoms with Crippen LogP contribution in [0.4, 0.5) is 17.1 Å². The largest absolute Gasteiger partial charge is 0.352 e. The van der Waals surface area contributed by atoms with Gasteiger partial charge in [0.2, 0.25) is 11.8 Å². The Balaban J connectivity index is 1.81. The molecule has 2 amide bonds. The minimum absolute atomic E-state index is 0.0880. The number of nitro groups is 1. The van der Waals surface area contributed by atoms with Gasteiger partial charge in [0, 0.05) is 36.9 Å². The molecule has 8 nitrogen and oxygen atoms in total. The number of non-ortho nitro benzene ring substituents is 1. The Kier molecular flexibility index (Phi) is 5.76. The molecule has 0 saturated carbocycles. The number of aliphatic imine (C=N–C) groups is 1. The molecule has 1 heterocycles. The van der Waals surface area contributed by atoms with Gasteiger partial charge in [0.25, 0.3) is 5.69 Å². The van der Waals surface area contributed by atoms with Crippen molar-refractivity contribution in [2.45, 2.75) is 19.4 Å². The number of anilines is 1. The zero-order valence-electron chi connectivity index (χ0n) is 17.2. The molecule has 3 aromatic carbocycles. The van der Waals surface area contributed by atoms with Crippen molar-refractivity contribution in [3.8, 4) is 0 Å². The molecule has 2 N–H and O–H groups in total. The number of nitro benzene ring substituents is 1. The van der Waals surface area contributed by atoms with Gasteiger partial charge in [-0.2, -0.15) is 0 Å². The maximum Gasteiger partial charge on any atom is 0.269 e. The molecule has 8 heteroatoms. The van der Waals surface area contributed by atoms with E-state index < -0.39 is 10.8 Å². The maximum atomic E-state index is 13.0. The van der Waals surface area contributed by atoms with Crippen molar-refractivity contribution in [2.75, 3.05) is 5.32 Å². The molecule has 3 aromatic rings. The summed E-state index contributed by atoms with van der Waals surface area (Å²) in [5.41, 5.74) is 3.65. The molecule has 0 radical (unpaired) electrons. The number of rotatable bonds is 6. The van der Waals surface area contributed by atoms with E-state index in [2.05, 4.69) is 10.6 Å². The van der Waals surface area contributed by atoms with Crippen LogP contribution in [-0.4, -0.2) is 22.4 Å². The summed E-state index contributed by atoms with van der Waals surface area (Å²) in [4.78, 5) is 39.8. The first kappa shape index (κ1) is 20.9. The molecule has 1 aliphatic heterocycles. The molecule has 0 fully saturated rings. The summed E-state index contributed by atoms with van der Waals surface area (Å²) in [6, 6.07) is 20.9. The summed E-state index contributed by atoms with van der Waals surface area (Å²) in [5.74, 6) is -1.23. The third-order valence-corrected chi connectivity index (χ3v) is 5.12. The van der Waals surface area contributed by atoms with E-state index in [4.69, 9.17) is 4.99 Å². The molecule has 32 heavy (non-hydrogen) atoms. The molecule has 0 spiro atoms. The summed E-state index contributed by atoms with van der Waals surface area (Å²) in [5, 5.41) is 16.9. The Labute approximate surface area is 184 Å². The van der Waals surface area contributed by atoms with Crippen LogP contribution in [0.15, 0.2) is 77.8 Å². The van der Waals surface area contributed by atoms with Crippen LogP contribution in [-0.2, 0) is 16.1 Å². The van der Waals surface area contributed by atoms with Gasteiger partial charge in [0.1, 0.15) is 5.92 Å². The van der Waals surface area contributed by atoms with Crippen molar-refractivity contribution in [3.05, 3.63) is 99.6 Å². The van der Waals surface area contributed by atoms with E-state index in [0.29, 0.717) is 29.2 Å². The molecule has 1 aliphatic rings. The van der Waals surface area contributed by atoms with E-state index in [1.165, 1.54) is 19.1 Å². The van der Waals surface area contributed by atoms with Crippen molar-refractivity contribution >= 4 is 34.6 Å². The van der Waals surface area contributed by atoms with Gasteiger partial charge in [-0.25, -0.2) is 0 Å². The number of nitrogens with zero attached hydrogens (tertiary/aromatic N) is 2. The molecule has 0 aromatic heterocycles. The minimum Gasteiger partial charge on any atom is -0.352 e. The fourth-order valence-corrected chi connectivity index (χ4v) is 3.64. The topological polar surface area (TPSA) is 114 Å². The maximum absolute atomic E-state index is 13.0. The number of carbonyl (C=O) groups is 2. The number of hydrogen-bond donors (Lipinski definition) is 2. The molecular weight excluding hydrogens is 408 g/mol. The van der Waals surface area contributed by atoms with Gasteiger partial charge >= 0.3 is 0 Å². The highest BCUT2D eigenvalue weighted by Gasteiger charge is 2.36. The van der Waals surface area contributed by atoms with Crippen LogP contribution < -0.4 is 10.6 Å². The van der Waals surface area contributed by atoms with Gasteiger partial charge in [-0.15, -0.1) is 0 Å². The van der Waals surface area contributed by atoms with Crippen molar-refractivity contribution in [1.29, 1.82) is 0 Å². The Morgan fingerprint density at radius 1 is 1.09 bits per heavy atom. The number of hydrogen-bond acceptors (Lipinski definition) is 5. The normalized spacial score (nSPS) is 15.1. The van der Waals surface area contributed by atoms with Crippen molar-refractivity contribution in [2.24, 2.45) is 4.99 Å². The SMILES string of the molecule is CC(=O)NCc1cccc(N=C(c2ccccc2)C2C(=O)Nc3ccc([N+](=O)[O-])cc32)c1. The lowest BCUT2D eigenvalue weighted by Gasteiger charge is -2.14. The monoisotopic (exact) mass is 428 g/mol. The smallest absolute Gasteiger partial charge is 0.269 e. The molecule has 0 saturated heterocycles. The van der Waals surface area contributed by atoms with Crippen LogP contribution in [0.1, 0.15) is 29.5 Å². The van der Waals surface area contributed by atoms with Crippen molar-refractivity contribution in [1.82, 2.24) is 5.32 Å². The van der Waals surface area contributed by atoms with Gasteiger partial charge in [-0.3, -0.25) is 24.7 Å². The van der Waals surface area contributed by atoms with Crippen molar-refractivity contribution in [3.63, 3.8) is 0 Å². The molecule has 1 atom stereocenters. The molecule has 160 valence electrons. The Morgan fingerprint density at radius 3 is 2.59 bits per heavy atom. The van der Waals surface area contributed by atoms with Gasteiger partial charge in [0.05, 0.1) is 16.3 Å². The van der Waals surface area contributed by atoms with E-state index >= 15 is 0 Å².